The van der Waals surface area contributed by atoms with Gasteiger partial charge in [0.1, 0.15) is 6.54 Å². The summed E-state index contributed by atoms with van der Waals surface area (Å²) >= 11 is 0. The topological polar surface area (TPSA) is 52.7 Å². The van der Waals surface area contributed by atoms with Gasteiger partial charge in [0, 0.05) is 32.1 Å². The van der Waals surface area contributed by atoms with Crippen LogP contribution in [-0.2, 0) is 4.79 Å². The van der Waals surface area contributed by atoms with Crippen molar-refractivity contribution in [3.63, 3.8) is 0 Å². The maximum Gasteiger partial charge on any atom is 0.405 e. The minimum absolute atomic E-state index is 0.0827. The number of carbonyl (C=O) groups is 2. The Kier molecular flexibility index (Phi) is 5.52. The Morgan fingerprint density at radius 2 is 1.50 bits per heavy atom. The molecule has 1 N–H and O–H groups in total. The van der Waals surface area contributed by atoms with Crippen LogP contribution in [0.2, 0.25) is 0 Å². The molecule has 0 aromatic rings. The second kappa shape index (κ2) is 7.19. The summed E-state index contributed by atoms with van der Waals surface area (Å²) in [5.74, 6) is 0.217. The molecule has 2 fully saturated rings. The first kappa shape index (κ1) is 16.9. The summed E-state index contributed by atoms with van der Waals surface area (Å²) in [7, 11) is 0. The predicted molar refractivity (Wildman–Crippen MR) is 74.2 cm³/mol. The highest BCUT2D eigenvalue weighted by Crippen LogP contribution is 2.25. The van der Waals surface area contributed by atoms with Crippen molar-refractivity contribution in [2.75, 3.05) is 32.7 Å². The molecular weight excluding hydrogens is 299 g/mol. The fourth-order valence-electron chi connectivity index (χ4n) is 3.03. The van der Waals surface area contributed by atoms with Crippen LogP contribution < -0.4 is 5.32 Å². The first-order valence-electron chi connectivity index (χ1n) is 7.75. The van der Waals surface area contributed by atoms with Crippen LogP contribution in [-0.4, -0.2) is 60.6 Å². The van der Waals surface area contributed by atoms with E-state index in [4.69, 9.17) is 0 Å². The minimum Gasteiger partial charge on any atom is -0.339 e. The number of amides is 3. The van der Waals surface area contributed by atoms with E-state index in [2.05, 4.69) is 0 Å². The molecule has 0 atom stereocenters. The van der Waals surface area contributed by atoms with E-state index >= 15 is 0 Å². The third-order valence-corrected chi connectivity index (χ3v) is 4.27. The van der Waals surface area contributed by atoms with E-state index < -0.39 is 18.8 Å². The molecule has 2 aliphatic rings. The van der Waals surface area contributed by atoms with Crippen LogP contribution in [0.4, 0.5) is 18.0 Å². The van der Waals surface area contributed by atoms with Gasteiger partial charge < -0.3 is 15.1 Å². The molecule has 3 amide bonds. The predicted octanol–water partition coefficient (Wildman–Crippen LogP) is 1.98. The molecule has 0 spiro atoms. The number of carbonyl (C=O) groups excluding carboxylic acids is 2. The van der Waals surface area contributed by atoms with Gasteiger partial charge in [-0.05, 0) is 12.8 Å². The summed E-state index contributed by atoms with van der Waals surface area (Å²) in [5, 5.41) is 1.86. The molecule has 0 unspecified atom stereocenters. The van der Waals surface area contributed by atoms with Crippen LogP contribution in [0.5, 0.6) is 0 Å². The third-order valence-electron chi connectivity index (χ3n) is 4.27. The maximum atomic E-state index is 12.3. The van der Waals surface area contributed by atoms with Gasteiger partial charge in [0.05, 0.1) is 0 Å². The summed E-state index contributed by atoms with van der Waals surface area (Å²) in [6, 6.07) is -0.720. The number of hydrogen-bond donors (Lipinski definition) is 1. The van der Waals surface area contributed by atoms with Crippen molar-refractivity contribution in [1.82, 2.24) is 15.1 Å². The number of rotatable bonds is 2. The SMILES string of the molecule is O=C(NCC(F)(F)F)N1CCN(C(=O)C2CCCCC2)CC1. The lowest BCUT2D eigenvalue weighted by molar-refractivity contribution is -0.138. The minimum atomic E-state index is -4.41. The second-order valence-corrected chi connectivity index (χ2v) is 5.92. The molecule has 0 aromatic carbocycles. The van der Waals surface area contributed by atoms with Crippen molar-refractivity contribution < 1.29 is 22.8 Å². The quantitative estimate of drug-likeness (QED) is 0.845. The number of urea groups is 1. The van der Waals surface area contributed by atoms with Crippen molar-refractivity contribution in [2.24, 2.45) is 5.92 Å². The summed E-state index contributed by atoms with van der Waals surface area (Å²) in [5.41, 5.74) is 0. The van der Waals surface area contributed by atoms with E-state index in [1.807, 2.05) is 5.32 Å². The Hall–Kier alpha value is -1.47. The van der Waals surface area contributed by atoms with Crippen LogP contribution in [0.25, 0.3) is 0 Å². The standard InChI is InChI=1S/C14H22F3N3O2/c15-14(16,17)10-18-13(22)20-8-6-19(7-9-20)12(21)11-4-2-1-3-5-11/h11H,1-10H2,(H,18,22). The fourth-order valence-corrected chi connectivity index (χ4v) is 3.03. The largest absolute Gasteiger partial charge is 0.405 e. The maximum absolute atomic E-state index is 12.3. The van der Waals surface area contributed by atoms with Crippen molar-refractivity contribution in [1.29, 1.82) is 0 Å². The molecule has 1 saturated carbocycles. The molecule has 22 heavy (non-hydrogen) atoms. The number of nitrogens with one attached hydrogen (secondary N) is 1. The van der Waals surface area contributed by atoms with Gasteiger partial charge in [0.25, 0.3) is 0 Å². The lowest BCUT2D eigenvalue weighted by atomic mass is 9.88. The first-order valence-corrected chi connectivity index (χ1v) is 7.75. The van der Waals surface area contributed by atoms with Crippen molar-refractivity contribution in [3.8, 4) is 0 Å². The summed E-state index contributed by atoms with van der Waals surface area (Å²) < 4.78 is 36.2. The molecule has 1 saturated heterocycles. The lowest BCUT2D eigenvalue weighted by Gasteiger charge is -2.37. The van der Waals surface area contributed by atoms with Crippen molar-refractivity contribution in [3.05, 3.63) is 0 Å². The lowest BCUT2D eigenvalue weighted by Crippen LogP contribution is -2.55. The van der Waals surface area contributed by atoms with Crippen molar-refractivity contribution >= 4 is 11.9 Å². The van der Waals surface area contributed by atoms with Gasteiger partial charge in [-0.25, -0.2) is 4.79 Å². The summed E-state index contributed by atoms with van der Waals surface area (Å²) in [4.78, 5) is 27.0. The highest BCUT2D eigenvalue weighted by molar-refractivity contribution is 5.79. The van der Waals surface area contributed by atoms with E-state index in [9.17, 15) is 22.8 Å². The first-order chi connectivity index (χ1) is 10.4. The average molecular weight is 321 g/mol. The molecule has 1 aliphatic heterocycles. The van der Waals surface area contributed by atoms with Gasteiger partial charge in [0.2, 0.25) is 5.91 Å². The Bertz CT molecular complexity index is 401. The normalized spacial score (nSPS) is 20.9. The zero-order chi connectivity index (χ0) is 16.2. The molecule has 1 heterocycles. The van der Waals surface area contributed by atoms with Crippen LogP contribution >= 0.6 is 0 Å². The van der Waals surface area contributed by atoms with E-state index in [1.54, 1.807) is 4.90 Å². The van der Waals surface area contributed by atoms with Crippen LogP contribution in [0.3, 0.4) is 0 Å². The third kappa shape index (κ3) is 4.78. The Balaban J connectivity index is 1.75. The van der Waals surface area contributed by atoms with Crippen LogP contribution in [0.15, 0.2) is 0 Å². The molecule has 126 valence electrons. The highest BCUT2D eigenvalue weighted by atomic mass is 19.4. The van der Waals surface area contributed by atoms with Gasteiger partial charge in [-0.15, -0.1) is 0 Å². The fraction of sp³-hybridized carbons (Fsp3) is 0.857. The number of alkyl halides is 3. The number of hydrogen-bond acceptors (Lipinski definition) is 2. The Labute approximate surface area is 127 Å². The monoisotopic (exact) mass is 321 g/mol. The van der Waals surface area contributed by atoms with Gasteiger partial charge >= 0.3 is 12.2 Å². The molecule has 0 radical (unpaired) electrons. The van der Waals surface area contributed by atoms with E-state index in [1.165, 1.54) is 11.3 Å². The zero-order valence-corrected chi connectivity index (χ0v) is 12.5. The molecule has 2 rings (SSSR count). The van der Waals surface area contributed by atoms with Gasteiger partial charge in [-0.2, -0.15) is 13.2 Å². The van der Waals surface area contributed by atoms with Gasteiger partial charge in [-0.3, -0.25) is 4.79 Å². The smallest absolute Gasteiger partial charge is 0.339 e. The Morgan fingerprint density at radius 3 is 2.05 bits per heavy atom. The van der Waals surface area contributed by atoms with Crippen LogP contribution in [0, 0.1) is 5.92 Å². The number of piperazine rings is 1. The summed E-state index contributed by atoms with van der Waals surface area (Å²) in [6.45, 7) is 0.0287. The van der Waals surface area contributed by atoms with Crippen molar-refractivity contribution in [2.45, 2.75) is 38.3 Å². The highest BCUT2D eigenvalue weighted by Gasteiger charge is 2.32. The van der Waals surface area contributed by atoms with Crippen LogP contribution in [0.1, 0.15) is 32.1 Å². The second-order valence-electron chi connectivity index (χ2n) is 5.92. The molecular formula is C14H22F3N3O2. The van der Waals surface area contributed by atoms with E-state index in [0.717, 1.165) is 25.7 Å². The van der Waals surface area contributed by atoms with E-state index in [0.29, 0.717) is 13.1 Å². The molecule has 1 aliphatic carbocycles. The zero-order valence-electron chi connectivity index (χ0n) is 12.5. The Morgan fingerprint density at radius 1 is 0.955 bits per heavy atom. The molecule has 0 aromatic heterocycles. The summed E-state index contributed by atoms with van der Waals surface area (Å²) in [6.07, 6.45) is 0.772. The average Bonchev–Trinajstić information content (AvgIpc) is 2.52. The molecule has 5 nitrogen and oxygen atoms in total. The van der Waals surface area contributed by atoms with Gasteiger partial charge in [0.15, 0.2) is 0 Å². The number of nitrogens with zero attached hydrogens (tertiary/aromatic N) is 2. The number of halogens is 3. The van der Waals surface area contributed by atoms with Gasteiger partial charge in [-0.1, -0.05) is 19.3 Å². The molecule has 8 heteroatoms. The van der Waals surface area contributed by atoms with E-state index in [-0.39, 0.29) is 24.9 Å². The molecule has 0 bridgehead atoms.